The number of nitrogens with one attached hydrogen (secondary N) is 1. The van der Waals surface area contributed by atoms with Crippen LogP contribution in [0, 0.1) is 0 Å². The van der Waals surface area contributed by atoms with E-state index >= 15 is 0 Å². The summed E-state index contributed by atoms with van der Waals surface area (Å²) in [5, 5.41) is 0. The highest BCUT2D eigenvalue weighted by atomic mass is 16.5. The second kappa shape index (κ2) is 6.86. The fourth-order valence-corrected chi connectivity index (χ4v) is 1.40. The smallest absolute Gasteiger partial charge is 0.265 e. The Bertz CT molecular complexity index is 407. The van der Waals surface area contributed by atoms with Crippen LogP contribution < -0.4 is 20.7 Å². The van der Waals surface area contributed by atoms with Crippen molar-refractivity contribution < 1.29 is 14.3 Å². The van der Waals surface area contributed by atoms with Crippen molar-refractivity contribution in [1.29, 1.82) is 0 Å². The summed E-state index contributed by atoms with van der Waals surface area (Å²) in [5.41, 5.74) is 2.53. The van der Waals surface area contributed by atoms with Crippen LogP contribution in [-0.2, 0) is 0 Å². The molecule has 5 heteroatoms. The second-order valence-corrected chi connectivity index (χ2v) is 3.90. The molecule has 0 heterocycles. The molecular weight excluding hydrogens is 232 g/mol. The van der Waals surface area contributed by atoms with E-state index in [1.165, 1.54) is 0 Å². The molecule has 1 amide bonds. The highest BCUT2D eigenvalue weighted by molar-refractivity contribution is 5.94. The van der Waals surface area contributed by atoms with Gasteiger partial charge in [0.1, 0.15) is 0 Å². The predicted octanol–water partition coefficient (Wildman–Crippen LogP) is 1.87. The lowest BCUT2D eigenvalue weighted by Gasteiger charge is -2.16. The maximum absolute atomic E-state index is 11.4. The average molecular weight is 252 g/mol. The molecule has 0 saturated carbocycles. The van der Waals surface area contributed by atoms with Crippen LogP contribution in [0.3, 0.4) is 0 Å². The molecule has 0 aliphatic heterocycles. The van der Waals surface area contributed by atoms with Gasteiger partial charge in [-0.3, -0.25) is 10.2 Å². The summed E-state index contributed by atoms with van der Waals surface area (Å²) in [6.45, 7) is 6.41. The molecule has 1 aromatic carbocycles. The predicted molar refractivity (Wildman–Crippen MR) is 69.6 cm³/mol. The monoisotopic (exact) mass is 252 g/mol. The number of hydrazine groups is 1. The first-order valence-electron chi connectivity index (χ1n) is 6.06. The minimum Gasteiger partial charge on any atom is -0.490 e. The largest absolute Gasteiger partial charge is 0.490 e. The van der Waals surface area contributed by atoms with Gasteiger partial charge in [0.2, 0.25) is 0 Å². The Morgan fingerprint density at radius 2 is 2.11 bits per heavy atom. The van der Waals surface area contributed by atoms with Crippen molar-refractivity contribution in [3.05, 3.63) is 23.8 Å². The molecule has 0 aliphatic carbocycles. The van der Waals surface area contributed by atoms with Gasteiger partial charge in [-0.1, -0.05) is 6.92 Å². The molecule has 0 aromatic heterocycles. The van der Waals surface area contributed by atoms with Crippen LogP contribution in [-0.4, -0.2) is 18.6 Å². The van der Waals surface area contributed by atoms with Gasteiger partial charge in [0.15, 0.2) is 11.5 Å². The first-order valence-corrected chi connectivity index (χ1v) is 6.06. The lowest BCUT2D eigenvalue weighted by atomic mass is 10.2. The van der Waals surface area contributed by atoms with Crippen molar-refractivity contribution >= 4 is 5.91 Å². The topological polar surface area (TPSA) is 73.6 Å². The van der Waals surface area contributed by atoms with Gasteiger partial charge in [-0.15, -0.1) is 0 Å². The van der Waals surface area contributed by atoms with Gasteiger partial charge >= 0.3 is 0 Å². The number of benzene rings is 1. The Hall–Kier alpha value is -1.75. The first kappa shape index (κ1) is 14.3. The molecule has 0 saturated heterocycles. The molecule has 0 fully saturated rings. The van der Waals surface area contributed by atoms with Crippen LogP contribution in [0.25, 0.3) is 0 Å². The minimum atomic E-state index is -0.356. The molecule has 1 aromatic rings. The number of nitrogens with two attached hydrogens (primary N) is 1. The van der Waals surface area contributed by atoms with Crippen LogP contribution in [0.5, 0.6) is 11.5 Å². The van der Waals surface area contributed by atoms with Crippen molar-refractivity contribution in [1.82, 2.24) is 5.43 Å². The quantitative estimate of drug-likeness (QED) is 0.460. The number of rotatable bonds is 6. The zero-order valence-electron chi connectivity index (χ0n) is 11.0. The van der Waals surface area contributed by atoms with E-state index in [1.807, 2.05) is 20.8 Å². The summed E-state index contributed by atoms with van der Waals surface area (Å²) in [5.74, 6) is 5.93. The van der Waals surface area contributed by atoms with E-state index in [2.05, 4.69) is 5.43 Å². The van der Waals surface area contributed by atoms with Crippen molar-refractivity contribution in [2.24, 2.45) is 5.84 Å². The summed E-state index contributed by atoms with van der Waals surface area (Å²) in [6.07, 6.45) is 0.995. The zero-order chi connectivity index (χ0) is 13.5. The summed E-state index contributed by atoms with van der Waals surface area (Å²) < 4.78 is 11.2. The summed E-state index contributed by atoms with van der Waals surface area (Å²) >= 11 is 0. The Balaban J connectivity index is 3.00. The molecule has 18 heavy (non-hydrogen) atoms. The molecule has 0 radical (unpaired) electrons. The number of carbonyl (C=O) groups is 1. The first-order chi connectivity index (χ1) is 8.62. The molecule has 0 spiro atoms. The molecule has 1 rings (SSSR count). The lowest BCUT2D eigenvalue weighted by molar-refractivity contribution is 0.0953. The standard InChI is InChI=1S/C13H20N2O3/c1-4-9(3)18-11-7-6-10(13(16)15-14)8-12(11)17-5-2/h6-9H,4-5,14H2,1-3H3,(H,15,16)/t9-/m0/s1. The van der Waals surface area contributed by atoms with Gasteiger partial charge in [-0.05, 0) is 38.5 Å². The Morgan fingerprint density at radius 3 is 2.67 bits per heavy atom. The van der Waals surface area contributed by atoms with E-state index in [9.17, 15) is 4.79 Å². The zero-order valence-corrected chi connectivity index (χ0v) is 11.0. The third-order valence-corrected chi connectivity index (χ3v) is 2.54. The van der Waals surface area contributed by atoms with Crippen molar-refractivity contribution in [3.63, 3.8) is 0 Å². The average Bonchev–Trinajstić information content (AvgIpc) is 2.39. The van der Waals surface area contributed by atoms with Crippen LogP contribution in [0.1, 0.15) is 37.6 Å². The Morgan fingerprint density at radius 1 is 1.39 bits per heavy atom. The van der Waals surface area contributed by atoms with Crippen LogP contribution >= 0.6 is 0 Å². The molecule has 100 valence electrons. The lowest BCUT2D eigenvalue weighted by Crippen LogP contribution is -2.30. The highest BCUT2D eigenvalue weighted by Crippen LogP contribution is 2.29. The SMILES string of the molecule is CCOc1cc(C(=O)NN)ccc1O[C@@H](C)CC. The van der Waals surface area contributed by atoms with E-state index < -0.39 is 0 Å². The molecule has 3 N–H and O–H groups in total. The van der Waals surface area contributed by atoms with Crippen molar-refractivity contribution in [3.8, 4) is 11.5 Å². The molecule has 1 atom stereocenters. The normalized spacial score (nSPS) is 11.8. The van der Waals surface area contributed by atoms with Crippen LogP contribution in [0.2, 0.25) is 0 Å². The Labute approximate surface area is 107 Å². The fourth-order valence-electron chi connectivity index (χ4n) is 1.40. The minimum absolute atomic E-state index is 0.0957. The molecule has 5 nitrogen and oxygen atoms in total. The van der Waals surface area contributed by atoms with E-state index in [4.69, 9.17) is 15.3 Å². The number of ether oxygens (including phenoxy) is 2. The summed E-state index contributed by atoms with van der Waals surface area (Å²) in [4.78, 5) is 11.4. The van der Waals surface area contributed by atoms with E-state index in [0.29, 0.717) is 23.7 Å². The highest BCUT2D eigenvalue weighted by Gasteiger charge is 2.12. The molecule has 0 bridgehead atoms. The number of nitrogen functional groups attached to an aromatic ring is 1. The number of hydrogen-bond donors (Lipinski definition) is 2. The van der Waals surface area contributed by atoms with Gasteiger partial charge in [-0.2, -0.15) is 0 Å². The van der Waals surface area contributed by atoms with Crippen LogP contribution in [0.15, 0.2) is 18.2 Å². The summed E-state index contributed by atoms with van der Waals surface area (Å²) in [7, 11) is 0. The molecule has 0 aliphatic rings. The summed E-state index contributed by atoms with van der Waals surface area (Å²) in [6, 6.07) is 5.01. The van der Waals surface area contributed by atoms with Crippen molar-refractivity contribution in [2.45, 2.75) is 33.3 Å². The van der Waals surface area contributed by atoms with Crippen LogP contribution in [0.4, 0.5) is 0 Å². The van der Waals surface area contributed by atoms with Crippen molar-refractivity contribution in [2.75, 3.05) is 6.61 Å². The van der Waals surface area contributed by atoms with Gasteiger partial charge < -0.3 is 9.47 Å². The maximum atomic E-state index is 11.4. The number of amides is 1. The number of hydrogen-bond acceptors (Lipinski definition) is 4. The van der Waals surface area contributed by atoms with E-state index in [0.717, 1.165) is 6.42 Å². The maximum Gasteiger partial charge on any atom is 0.265 e. The van der Waals surface area contributed by atoms with Gasteiger partial charge in [0, 0.05) is 5.56 Å². The third kappa shape index (κ3) is 3.63. The third-order valence-electron chi connectivity index (χ3n) is 2.54. The Kier molecular flexibility index (Phi) is 5.45. The van der Waals surface area contributed by atoms with E-state index in [1.54, 1.807) is 18.2 Å². The molecule has 0 unspecified atom stereocenters. The molecular formula is C13H20N2O3. The number of carbonyl (C=O) groups excluding carboxylic acids is 1. The van der Waals surface area contributed by atoms with Gasteiger partial charge in [0.05, 0.1) is 12.7 Å². The fraction of sp³-hybridized carbons (Fsp3) is 0.462. The van der Waals surface area contributed by atoms with Gasteiger partial charge in [0.25, 0.3) is 5.91 Å². The van der Waals surface area contributed by atoms with E-state index in [-0.39, 0.29) is 12.0 Å². The second-order valence-electron chi connectivity index (χ2n) is 3.90. The van der Waals surface area contributed by atoms with Gasteiger partial charge in [-0.25, -0.2) is 5.84 Å².